The Bertz CT molecular complexity index is 327. The Hall–Kier alpha value is -0.610. The van der Waals surface area contributed by atoms with Gasteiger partial charge in [0.1, 0.15) is 0 Å². The molecule has 1 aliphatic heterocycles. The lowest BCUT2D eigenvalue weighted by Crippen LogP contribution is -2.45. The van der Waals surface area contributed by atoms with Gasteiger partial charge in [-0.3, -0.25) is 9.69 Å². The molecular weight excluding hydrogens is 264 g/mol. The van der Waals surface area contributed by atoms with Crippen molar-refractivity contribution in [1.82, 2.24) is 9.80 Å². The largest absolute Gasteiger partial charge is 0.393 e. The average Bonchev–Trinajstić information content (AvgIpc) is 2.48. The number of aliphatic hydroxyl groups is 1. The Kier molecular flexibility index (Phi) is 6.49. The molecule has 1 N–H and O–H groups in total. The molecule has 2 unspecified atom stereocenters. The first-order valence-electron chi connectivity index (χ1n) is 8.70. The van der Waals surface area contributed by atoms with Gasteiger partial charge in [0, 0.05) is 20.1 Å². The summed E-state index contributed by atoms with van der Waals surface area (Å²) < 4.78 is 0. The van der Waals surface area contributed by atoms with Crippen molar-refractivity contribution in [3.8, 4) is 0 Å². The highest BCUT2D eigenvalue weighted by molar-refractivity contribution is 5.78. The molecule has 1 heterocycles. The van der Waals surface area contributed by atoms with Gasteiger partial charge in [0.05, 0.1) is 12.6 Å². The van der Waals surface area contributed by atoms with Gasteiger partial charge in [0.25, 0.3) is 0 Å². The van der Waals surface area contributed by atoms with Crippen molar-refractivity contribution in [2.24, 2.45) is 11.8 Å². The lowest BCUT2D eigenvalue weighted by molar-refractivity contribution is -0.132. The summed E-state index contributed by atoms with van der Waals surface area (Å²) in [7, 11) is 1.95. The fourth-order valence-corrected chi connectivity index (χ4v) is 3.80. The summed E-state index contributed by atoms with van der Waals surface area (Å²) in [5, 5.41) is 9.73. The molecule has 0 bridgehead atoms. The number of rotatable bonds is 5. The first-order valence-corrected chi connectivity index (χ1v) is 8.70. The molecule has 2 fully saturated rings. The Labute approximate surface area is 129 Å². The van der Waals surface area contributed by atoms with Gasteiger partial charge in [-0.1, -0.05) is 19.3 Å². The summed E-state index contributed by atoms with van der Waals surface area (Å²) in [6, 6.07) is 0. The van der Waals surface area contributed by atoms with Crippen LogP contribution in [0, 0.1) is 11.8 Å². The van der Waals surface area contributed by atoms with Crippen molar-refractivity contribution < 1.29 is 9.90 Å². The average molecular weight is 296 g/mol. The van der Waals surface area contributed by atoms with Crippen LogP contribution in [-0.4, -0.2) is 60.1 Å². The van der Waals surface area contributed by atoms with Gasteiger partial charge in [-0.2, -0.15) is 0 Å². The highest BCUT2D eigenvalue weighted by atomic mass is 16.3. The van der Waals surface area contributed by atoms with Crippen molar-refractivity contribution in [3.63, 3.8) is 0 Å². The van der Waals surface area contributed by atoms with Gasteiger partial charge in [0.2, 0.25) is 5.91 Å². The summed E-state index contributed by atoms with van der Waals surface area (Å²) in [6.45, 7) is 5.16. The molecule has 0 aromatic carbocycles. The zero-order chi connectivity index (χ0) is 15.2. The number of aliphatic hydroxyl groups excluding tert-OH is 1. The molecule has 122 valence electrons. The SMILES string of the molecule is CC(O)C1CCCN(CC(=O)N(C)CC2CCCCC2)C1. The highest BCUT2D eigenvalue weighted by Gasteiger charge is 2.26. The van der Waals surface area contributed by atoms with Crippen molar-refractivity contribution in [3.05, 3.63) is 0 Å². The molecule has 21 heavy (non-hydrogen) atoms. The van der Waals surface area contributed by atoms with Gasteiger partial charge in [0.15, 0.2) is 0 Å². The Morgan fingerprint density at radius 3 is 2.62 bits per heavy atom. The van der Waals surface area contributed by atoms with E-state index in [1.54, 1.807) is 0 Å². The maximum atomic E-state index is 12.4. The number of carbonyl (C=O) groups excluding carboxylic acids is 1. The van der Waals surface area contributed by atoms with Crippen molar-refractivity contribution in [1.29, 1.82) is 0 Å². The number of likely N-dealkylation sites (tertiary alicyclic amines) is 1. The zero-order valence-corrected chi connectivity index (χ0v) is 13.8. The third-order valence-corrected chi connectivity index (χ3v) is 5.27. The van der Waals surface area contributed by atoms with Crippen LogP contribution in [-0.2, 0) is 4.79 Å². The second kappa shape index (κ2) is 8.14. The summed E-state index contributed by atoms with van der Waals surface area (Å²) in [6.07, 6.45) is 8.50. The van der Waals surface area contributed by atoms with E-state index >= 15 is 0 Å². The van der Waals surface area contributed by atoms with Crippen LogP contribution in [0.25, 0.3) is 0 Å². The summed E-state index contributed by atoms with van der Waals surface area (Å²) in [5.41, 5.74) is 0. The zero-order valence-electron chi connectivity index (χ0n) is 13.8. The molecule has 2 aliphatic rings. The van der Waals surface area contributed by atoms with Crippen LogP contribution in [0.3, 0.4) is 0 Å². The van der Waals surface area contributed by atoms with Crippen LogP contribution in [0.15, 0.2) is 0 Å². The van der Waals surface area contributed by atoms with E-state index in [1.165, 1.54) is 32.1 Å². The summed E-state index contributed by atoms with van der Waals surface area (Å²) in [5.74, 6) is 1.28. The van der Waals surface area contributed by atoms with Crippen LogP contribution in [0.4, 0.5) is 0 Å². The van der Waals surface area contributed by atoms with E-state index < -0.39 is 0 Å². The second-order valence-corrected chi connectivity index (χ2v) is 7.16. The number of nitrogens with zero attached hydrogens (tertiary/aromatic N) is 2. The van der Waals surface area contributed by atoms with Gasteiger partial charge < -0.3 is 10.0 Å². The maximum absolute atomic E-state index is 12.4. The van der Waals surface area contributed by atoms with Crippen LogP contribution in [0.1, 0.15) is 51.9 Å². The number of carbonyl (C=O) groups is 1. The molecule has 1 saturated carbocycles. The Morgan fingerprint density at radius 2 is 1.95 bits per heavy atom. The van der Waals surface area contributed by atoms with Gasteiger partial charge >= 0.3 is 0 Å². The van der Waals surface area contributed by atoms with E-state index in [1.807, 2.05) is 18.9 Å². The van der Waals surface area contributed by atoms with Gasteiger partial charge in [-0.05, 0) is 51.0 Å². The number of likely N-dealkylation sites (N-methyl/N-ethyl adjacent to an activating group) is 1. The van der Waals surface area contributed by atoms with E-state index in [-0.39, 0.29) is 12.0 Å². The molecule has 0 spiro atoms. The summed E-state index contributed by atoms with van der Waals surface area (Å²) >= 11 is 0. The molecule has 4 nitrogen and oxygen atoms in total. The normalized spacial score (nSPS) is 26.5. The molecule has 0 aromatic rings. The quantitative estimate of drug-likeness (QED) is 0.845. The van der Waals surface area contributed by atoms with Crippen molar-refractivity contribution >= 4 is 5.91 Å². The monoisotopic (exact) mass is 296 g/mol. The fourth-order valence-electron chi connectivity index (χ4n) is 3.80. The van der Waals surface area contributed by atoms with E-state index in [9.17, 15) is 9.90 Å². The lowest BCUT2D eigenvalue weighted by Gasteiger charge is -2.35. The first kappa shape index (κ1) is 16.8. The molecule has 1 aliphatic carbocycles. The van der Waals surface area contributed by atoms with Crippen molar-refractivity contribution in [2.45, 2.75) is 58.0 Å². The van der Waals surface area contributed by atoms with E-state index in [0.29, 0.717) is 18.4 Å². The fraction of sp³-hybridized carbons (Fsp3) is 0.941. The topological polar surface area (TPSA) is 43.8 Å². The Balaban J connectivity index is 1.74. The Morgan fingerprint density at radius 1 is 1.24 bits per heavy atom. The van der Waals surface area contributed by atoms with Crippen LogP contribution < -0.4 is 0 Å². The second-order valence-electron chi connectivity index (χ2n) is 7.16. The number of hydrogen-bond acceptors (Lipinski definition) is 3. The number of amides is 1. The van der Waals surface area contributed by atoms with E-state index in [2.05, 4.69) is 4.90 Å². The van der Waals surface area contributed by atoms with Gasteiger partial charge in [-0.25, -0.2) is 0 Å². The number of piperidine rings is 1. The first-order chi connectivity index (χ1) is 10.1. The predicted octanol–water partition coefficient (Wildman–Crippen LogP) is 2.12. The smallest absolute Gasteiger partial charge is 0.236 e. The molecule has 2 atom stereocenters. The molecule has 4 heteroatoms. The van der Waals surface area contributed by atoms with Crippen LogP contribution >= 0.6 is 0 Å². The standard InChI is InChI=1S/C17H32N2O2/c1-14(20)16-9-6-10-19(12-16)13-17(21)18(2)11-15-7-4-3-5-8-15/h14-16,20H,3-13H2,1-2H3. The minimum absolute atomic E-state index is 0.242. The minimum Gasteiger partial charge on any atom is -0.393 e. The molecule has 1 amide bonds. The van der Waals surface area contributed by atoms with E-state index in [0.717, 1.165) is 32.5 Å². The number of hydrogen-bond donors (Lipinski definition) is 1. The molecule has 0 aromatic heterocycles. The third kappa shape index (κ3) is 5.26. The molecule has 2 rings (SSSR count). The maximum Gasteiger partial charge on any atom is 0.236 e. The summed E-state index contributed by atoms with van der Waals surface area (Å²) in [4.78, 5) is 16.5. The van der Waals surface area contributed by atoms with Crippen LogP contribution in [0.5, 0.6) is 0 Å². The molecule has 1 saturated heterocycles. The van der Waals surface area contributed by atoms with Crippen molar-refractivity contribution in [2.75, 3.05) is 33.2 Å². The predicted molar refractivity (Wildman–Crippen MR) is 85.1 cm³/mol. The van der Waals surface area contributed by atoms with Crippen LogP contribution in [0.2, 0.25) is 0 Å². The third-order valence-electron chi connectivity index (χ3n) is 5.27. The van der Waals surface area contributed by atoms with E-state index in [4.69, 9.17) is 0 Å². The molecular formula is C17H32N2O2. The lowest BCUT2D eigenvalue weighted by atomic mass is 9.89. The van der Waals surface area contributed by atoms with Gasteiger partial charge in [-0.15, -0.1) is 0 Å². The minimum atomic E-state index is -0.261. The molecule has 0 radical (unpaired) electrons. The highest BCUT2D eigenvalue weighted by Crippen LogP contribution is 2.24.